The minimum atomic E-state index is -2.18. The molecule has 1 aliphatic rings. The highest BCUT2D eigenvalue weighted by Gasteiger charge is 2.53. The maximum Gasteiger partial charge on any atom is 0.336 e. The van der Waals surface area contributed by atoms with Crippen LogP contribution in [0.4, 0.5) is 5.69 Å². The van der Waals surface area contributed by atoms with Crippen molar-refractivity contribution in [2.45, 2.75) is 5.60 Å². The van der Waals surface area contributed by atoms with Crippen molar-refractivity contribution >= 4 is 33.5 Å². The van der Waals surface area contributed by atoms with Gasteiger partial charge in [0.1, 0.15) is 0 Å². The second kappa shape index (κ2) is 5.35. The normalized spacial score (nSPS) is 19.9. The third kappa shape index (κ3) is 2.15. The average Bonchev–Trinajstić information content (AvgIpc) is 2.69. The lowest BCUT2D eigenvalue weighted by molar-refractivity contribution is -0.144. The molecule has 6 heteroatoms. The molecular formula is C15H12BrNO4. The van der Waals surface area contributed by atoms with E-state index in [2.05, 4.69) is 33.2 Å². The summed E-state index contributed by atoms with van der Waals surface area (Å²) in [5, 5.41) is 10.8. The van der Waals surface area contributed by atoms with E-state index in [1.54, 1.807) is 18.2 Å². The van der Waals surface area contributed by atoms with E-state index in [4.69, 9.17) is 6.42 Å². The van der Waals surface area contributed by atoms with Gasteiger partial charge in [0.05, 0.1) is 24.9 Å². The fraction of sp³-hybridized carbons (Fsp3) is 0.200. The molecule has 0 spiro atoms. The molecule has 0 saturated heterocycles. The number of amides is 1. The molecule has 5 nitrogen and oxygen atoms in total. The van der Waals surface area contributed by atoms with Crippen molar-refractivity contribution in [1.82, 2.24) is 0 Å². The number of nitrogens with zero attached hydrogens (tertiary/aromatic N) is 1. The summed E-state index contributed by atoms with van der Waals surface area (Å²) in [6, 6.07) is 4.90. The number of hydrogen-bond donors (Lipinski definition) is 1. The Morgan fingerprint density at radius 2 is 2.29 bits per heavy atom. The number of hydrogen-bond acceptors (Lipinski definition) is 4. The van der Waals surface area contributed by atoms with Gasteiger partial charge in [-0.05, 0) is 18.2 Å². The highest BCUT2D eigenvalue weighted by Crippen LogP contribution is 2.45. The molecule has 0 aliphatic carbocycles. The van der Waals surface area contributed by atoms with E-state index in [1.807, 2.05) is 0 Å². The van der Waals surface area contributed by atoms with E-state index in [0.29, 0.717) is 10.2 Å². The fourth-order valence-electron chi connectivity index (χ4n) is 2.26. The van der Waals surface area contributed by atoms with Gasteiger partial charge in [0.25, 0.3) is 5.91 Å². The summed E-state index contributed by atoms with van der Waals surface area (Å²) in [7, 11) is 1.15. The van der Waals surface area contributed by atoms with Crippen LogP contribution in [0.1, 0.15) is 5.56 Å². The SMILES string of the molecule is C#CCN1C(=O)C(O)(C(=C)C(=O)OC)c2cc(Br)ccc21. The molecule has 1 N–H and O–H groups in total. The largest absolute Gasteiger partial charge is 0.466 e. The number of carbonyl (C=O) groups excluding carboxylic acids is 2. The lowest BCUT2D eigenvalue weighted by Crippen LogP contribution is -2.43. The molecule has 0 aromatic heterocycles. The van der Waals surface area contributed by atoms with Gasteiger partial charge in [0, 0.05) is 10.0 Å². The van der Waals surface area contributed by atoms with Crippen LogP contribution in [0.15, 0.2) is 34.8 Å². The molecule has 0 bridgehead atoms. The standard InChI is InChI=1S/C15H12BrNO4/c1-4-7-17-12-6-5-10(16)8-11(12)15(20,14(17)19)9(2)13(18)21-3/h1,5-6,8,20H,2,7H2,3H3. The molecule has 1 aliphatic heterocycles. The van der Waals surface area contributed by atoms with E-state index in [0.717, 1.165) is 7.11 Å². The Balaban J connectivity index is 2.66. The quantitative estimate of drug-likeness (QED) is 0.508. The summed E-state index contributed by atoms with van der Waals surface area (Å²) in [6.07, 6.45) is 5.26. The zero-order valence-electron chi connectivity index (χ0n) is 11.2. The van der Waals surface area contributed by atoms with E-state index in [9.17, 15) is 14.7 Å². The lowest BCUT2D eigenvalue weighted by atomic mass is 9.88. The first-order valence-corrected chi connectivity index (χ1v) is 6.72. The molecular weight excluding hydrogens is 338 g/mol. The van der Waals surface area contributed by atoms with E-state index < -0.39 is 17.5 Å². The number of ether oxygens (including phenoxy) is 1. The minimum Gasteiger partial charge on any atom is -0.466 e. The number of rotatable bonds is 3. The molecule has 1 unspecified atom stereocenters. The second-order valence-corrected chi connectivity index (χ2v) is 5.35. The van der Waals surface area contributed by atoms with Crippen molar-refractivity contribution in [3.05, 3.63) is 40.4 Å². The molecule has 2 rings (SSSR count). The number of terminal acetylenes is 1. The fourth-order valence-corrected chi connectivity index (χ4v) is 2.63. The van der Waals surface area contributed by atoms with Crippen LogP contribution in [0.2, 0.25) is 0 Å². The number of methoxy groups -OCH3 is 1. The highest BCUT2D eigenvalue weighted by molar-refractivity contribution is 9.10. The summed E-state index contributed by atoms with van der Waals surface area (Å²) >= 11 is 3.27. The Morgan fingerprint density at radius 1 is 1.62 bits per heavy atom. The van der Waals surface area contributed by atoms with Crippen molar-refractivity contribution in [3.63, 3.8) is 0 Å². The number of fused-ring (bicyclic) bond motifs is 1. The Kier molecular flexibility index (Phi) is 3.90. The predicted molar refractivity (Wildman–Crippen MR) is 80.4 cm³/mol. The molecule has 1 aromatic carbocycles. The number of benzene rings is 1. The van der Waals surface area contributed by atoms with Gasteiger partial charge in [0.2, 0.25) is 5.60 Å². The zero-order chi connectivity index (χ0) is 15.8. The van der Waals surface area contributed by atoms with Gasteiger partial charge in [-0.1, -0.05) is 28.4 Å². The van der Waals surface area contributed by atoms with Crippen molar-refractivity contribution in [3.8, 4) is 12.3 Å². The summed E-state index contributed by atoms with van der Waals surface area (Å²) < 4.78 is 5.20. The van der Waals surface area contributed by atoms with E-state index >= 15 is 0 Å². The molecule has 1 heterocycles. The monoisotopic (exact) mass is 349 g/mol. The van der Waals surface area contributed by atoms with Gasteiger partial charge in [0.15, 0.2) is 0 Å². The number of anilines is 1. The number of halogens is 1. The van der Waals surface area contributed by atoms with E-state index in [1.165, 1.54) is 4.90 Å². The van der Waals surface area contributed by atoms with Gasteiger partial charge in [-0.25, -0.2) is 4.79 Å². The highest BCUT2D eigenvalue weighted by atomic mass is 79.9. The molecule has 1 aromatic rings. The van der Waals surface area contributed by atoms with Gasteiger partial charge in [-0.15, -0.1) is 6.42 Å². The third-order valence-corrected chi connectivity index (χ3v) is 3.81. The average molecular weight is 350 g/mol. The molecule has 0 radical (unpaired) electrons. The molecule has 1 atom stereocenters. The molecule has 0 fully saturated rings. The maximum atomic E-state index is 12.5. The van der Waals surface area contributed by atoms with Crippen LogP contribution in [0.5, 0.6) is 0 Å². The van der Waals surface area contributed by atoms with Crippen LogP contribution in [0.3, 0.4) is 0 Å². The number of aliphatic hydroxyl groups is 1. The zero-order valence-corrected chi connectivity index (χ0v) is 12.8. The van der Waals surface area contributed by atoms with E-state index in [-0.39, 0.29) is 17.7 Å². The number of esters is 1. The Bertz CT molecular complexity index is 691. The van der Waals surface area contributed by atoms with Crippen LogP contribution in [-0.4, -0.2) is 30.6 Å². The van der Waals surface area contributed by atoms with Crippen LogP contribution >= 0.6 is 15.9 Å². The third-order valence-electron chi connectivity index (χ3n) is 3.31. The van der Waals surface area contributed by atoms with Crippen molar-refractivity contribution in [2.24, 2.45) is 0 Å². The topological polar surface area (TPSA) is 66.8 Å². The van der Waals surface area contributed by atoms with Gasteiger partial charge in [-0.2, -0.15) is 0 Å². The van der Waals surface area contributed by atoms with Crippen LogP contribution in [0.25, 0.3) is 0 Å². The van der Waals surface area contributed by atoms with Crippen molar-refractivity contribution in [2.75, 3.05) is 18.6 Å². The van der Waals surface area contributed by atoms with Crippen LogP contribution < -0.4 is 4.90 Å². The van der Waals surface area contributed by atoms with Crippen LogP contribution in [0, 0.1) is 12.3 Å². The predicted octanol–water partition coefficient (Wildman–Crippen LogP) is 1.35. The first kappa shape index (κ1) is 15.3. The molecule has 0 saturated carbocycles. The second-order valence-electron chi connectivity index (χ2n) is 4.44. The first-order chi connectivity index (χ1) is 9.87. The van der Waals surface area contributed by atoms with Gasteiger partial charge >= 0.3 is 5.97 Å². The Labute approximate surface area is 130 Å². The van der Waals surface area contributed by atoms with Gasteiger partial charge < -0.3 is 9.84 Å². The van der Waals surface area contributed by atoms with Crippen molar-refractivity contribution in [1.29, 1.82) is 0 Å². The lowest BCUT2D eigenvalue weighted by Gasteiger charge is -2.23. The molecule has 1 amide bonds. The Morgan fingerprint density at radius 3 is 2.86 bits per heavy atom. The minimum absolute atomic E-state index is 0.0236. The molecule has 108 valence electrons. The molecule has 21 heavy (non-hydrogen) atoms. The van der Waals surface area contributed by atoms with Gasteiger partial charge in [-0.3, -0.25) is 9.69 Å². The smallest absolute Gasteiger partial charge is 0.336 e. The summed E-state index contributed by atoms with van der Waals surface area (Å²) in [6.45, 7) is 3.49. The van der Waals surface area contributed by atoms with Crippen LogP contribution in [-0.2, 0) is 19.9 Å². The summed E-state index contributed by atoms with van der Waals surface area (Å²) in [5.41, 5.74) is -1.85. The maximum absolute atomic E-state index is 12.5. The Hall–Kier alpha value is -2.10. The summed E-state index contributed by atoms with van der Waals surface area (Å²) in [5.74, 6) is 0.772. The first-order valence-electron chi connectivity index (χ1n) is 5.93. The summed E-state index contributed by atoms with van der Waals surface area (Å²) in [4.78, 5) is 25.5. The van der Waals surface area contributed by atoms with Crippen molar-refractivity contribution < 1.29 is 19.4 Å². The number of carbonyl (C=O) groups is 2.